The third-order valence-corrected chi connectivity index (χ3v) is 4.83. The molecule has 3 aromatic carbocycles. The van der Waals surface area contributed by atoms with Gasteiger partial charge in [-0.15, -0.1) is 0 Å². The van der Waals surface area contributed by atoms with E-state index in [-0.39, 0.29) is 23.5 Å². The fourth-order valence-electron chi connectivity index (χ4n) is 3.07. The van der Waals surface area contributed by atoms with Gasteiger partial charge in [0.25, 0.3) is 5.91 Å². The zero-order valence-electron chi connectivity index (χ0n) is 16.8. The molecule has 0 heterocycles. The Bertz CT molecular complexity index is 1020. The molecule has 152 valence electrons. The normalized spacial score (nSPS) is 11.4. The maximum atomic E-state index is 12.6. The van der Waals surface area contributed by atoms with Crippen LogP contribution in [-0.2, 0) is 4.79 Å². The average molecular weight is 400 g/mol. The number of amides is 2. The Morgan fingerprint density at radius 2 is 1.27 bits per heavy atom. The van der Waals surface area contributed by atoms with E-state index in [1.54, 1.807) is 48.5 Å². The van der Waals surface area contributed by atoms with Crippen LogP contribution in [-0.4, -0.2) is 30.7 Å². The molecule has 0 saturated carbocycles. The first kappa shape index (κ1) is 21.0. The minimum absolute atomic E-state index is 0.0918. The van der Waals surface area contributed by atoms with Crippen LogP contribution in [0.3, 0.4) is 0 Å². The highest BCUT2D eigenvalue weighted by atomic mass is 16.2. The Morgan fingerprint density at radius 1 is 0.700 bits per heavy atom. The first-order chi connectivity index (χ1) is 14.6. The third-order valence-electron chi connectivity index (χ3n) is 4.83. The molecule has 30 heavy (non-hydrogen) atoms. The molecule has 1 atom stereocenters. The van der Waals surface area contributed by atoms with Gasteiger partial charge in [0, 0.05) is 29.8 Å². The van der Waals surface area contributed by atoms with E-state index >= 15 is 0 Å². The molecule has 2 amide bonds. The number of hydrogen-bond acceptors (Lipinski definition) is 3. The maximum absolute atomic E-state index is 12.6. The van der Waals surface area contributed by atoms with E-state index in [0.717, 1.165) is 5.56 Å². The number of nitrogens with one attached hydrogen (secondary N) is 2. The van der Waals surface area contributed by atoms with E-state index in [2.05, 4.69) is 10.6 Å². The Morgan fingerprint density at radius 3 is 1.97 bits per heavy atom. The highest BCUT2D eigenvalue weighted by Crippen LogP contribution is 2.14. The number of rotatable bonds is 8. The molecule has 0 bridgehead atoms. The molecule has 0 aliphatic rings. The molecular weight excluding hydrogens is 376 g/mol. The Labute approximate surface area is 176 Å². The molecule has 0 radical (unpaired) electrons. The van der Waals surface area contributed by atoms with Crippen molar-refractivity contribution in [1.29, 1.82) is 0 Å². The predicted molar refractivity (Wildman–Crippen MR) is 117 cm³/mol. The third kappa shape index (κ3) is 5.41. The monoisotopic (exact) mass is 400 g/mol. The molecule has 0 aliphatic heterocycles. The summed E-state index contributed by atoms with van der Waals surface area (Å²) in [6, 6.07) is 25.1. The molecule has 0 aliphatic carbocycles. The van der Waals surface area contributed by atoms with E-state index in [1.807, 2.05) is 43.3 Å². The van der Waals surface area contributed by atoms with Crippen LogP contribution in [0.2, 0.25) is 0 Å². The van der Waals surface area contributed by atoms with Crippen LogP contribution >= 0.6 is 0 Å². The minimum atomic E-state index is -0.289. The van der Waals surface area contributed by atoms with Crippen LogP contribution in [0.1, 0.15) is 44.7 Å². The smallest absolute Gasteiger partial charge is 0.251 e. The van der Waals surface area contributed by atoms with Gasteiger partial charge in [-0.25, -0.2) is 0 Å². The Hall–Kier alpha value is -3.73. The quantitative estimate of drug-likeness (QED) is 0.448. The Kier molecular flexibility index (Phi) is 7.11. The standard InChI is InChI=1S/C25H24N2O3/c1-18(19-9-4-2-5-10-19)24(29)26-15-16-27-25(30)22-14-8-13-21(17-22)23(28)20-11-6-3-7-12-20/h2-14,17-18H,15-16H2,1H3,(H,26,29)(H,27,30). The van der Waals surface area contributed by atoms with Crippen LogP contribution in [0.25, 0.3) is 0 Å². The summed E-state index contributed by atoms with van der Waals surface area (Å²) in [5.41, 5.74) is 2.38. The molecule has 1 unspecified atom stereocenters. The largest absolute Gasteiger partial charge is 0.354 e. The lowest BCUT2D eigenvalue weighted by Crippen LogP contribution is -2.36. The minimum Gasteiger partial charge on any atom is -0.354 e. The summed E-state index contributed by atoms with van der Waals surface area (Å²) in [7, 11) is 0. The van der Waals surface area contributed by atoms with Gasteiger partial charge in [0.1, 0.15) is 0 Å². The summed E-state index contributed by atoms with van der Waals surface area (Å²) in [5, 5.41) is 5.61. The van der Waals surface area contributed by atoms with Gasteiger partial charge in [-0.1, -0.05) is 72.8 Å². The van der Waals surface area contributed by atoms with E-state index in [9.17, 15) is 14.4 Å². The summed E-state index contributed by atoms with van der Waals surface area (Å²) in [5.74, 6) is -0.774. The van der Waals surface area contributed by atoms with Crippen LogP contribution in [0.15, 0.2) is 84.9 Å². The lowest BCUT2D eigenvalue weighted by atomic mass is 10.0. The fourth-order valence-corrected chi connectivity index (χ4v) is 3.07. The molecule has 0 saturated heterocycles. The van der Waals surface area contributed by atoms with Crippen LogP contribution in [0, 0.1) is 0 Å². The maximum Gasteiger partial charge on any atom is 0.251 e. The van der Waals surface area contributed by atoms with Crippen LogP contribution in [0.5, 0.6) is 0 Å². The molecule has 0 fully saturated rings. The molecule has 5 nitrogen and oxygen atoms in total. The second-order valence-corrected chi connectivity index (χ2v) is 6.96. The molecule has 3 aromatic rings. The van der Waals surface area contributed by atoms with E-state index in [0.29, 0.717) is 29.8 Å². The van der Waals surface area contributed by atoms with E-state index in [1.165, 1.54) is 0 Å². The fraction of sp³-hybridized carbons (Fsp3) is 0.160. The average Bonchev–Trinajstić information content (AvgIpc) is 2.81. The predicted octanol–water partition coefficient (Wildman–Crippen LogP) is 3.57. The summed E-state index contributed by atoms with van der Waals surface area (Å²) in [4.78, 5) is 37.2. The van der Waals surface area contributed by atoms with Crippen LogP contribution < -0.4 is 10.6 Å². The zero-order valence-corrected chi connectivity index (χ0v) is 16.8. The van der Waals surface area contributed by atoms with Crippen molar-refractivity contribution in [3.8, 4) is 0 Å². The number of carbonyl (C=O) groups is 3. The van der Waals surface area contributed by atoms with Gasteiger partial charge in [-0.3, -0.25) is 14.4 Å². The van der Waals surface area contributed by atoms with Gasteiger partial charge in [-0.05, 0) is 24.6 Å². The number of benzene rings is 3. The van der Waals surface area contributed by atoms with Gasteiger partial charge in [0.2, 0.25) is 5.91 Å². The molecule has 2 N–H and O–H groups in total. The van der Waals surface area contributed by atoms with Crippen molar-refractivity contribution in [3.05, 3.63) is 107 Å². The van der Waals surface area contributed by atoms with Crippen molar-refractivity contribution in [2.24, 2.45) is 0 Å². The van der Waals surface area contributed by atoms with Gasteiger partial charge in [0.15, 0.2) is 5.78 Å². The molecule has 0 aromatic heterocycles. The van der Waals surface area contributed by atoms with Crippen LogP contribution in [0.4, 0.5) is 0 Å². The van der Waals surface area contributed by atoms with Crippen molar-refractivity contribution in [1.82, 2.24) is 10.6 Å². The number of hydrogen-bond donors (Lipinski definition) is 2. The first-order valence-electron chi connectivity index (χ1n) is 9.87. The topological polar surface area (TPSA) is 75.3 Å². The summed E-state index contributed by atoms with van der Waals surface area (Å²) in [6.07, 6.45) is 0. The second-order valence-electron chi connectivity index (χ2n) is 6.96. The highest BCUT2D eigenvalue weighted by Gasteiger charge is 2.15. The van der Waals surface area contributed by atoms with Crippen molar-refractivity contribution >= 4 is 17.6 Å². The zero-order chi connectivity index (χ0) is 21.3. The van der Waals surface area contributed by atoms with Crippen molar-refractivity contribution < 1.29 is 14.4 Å². The molecular formula is C25H24N2O3. The molecule has 3 rings (SSSR count). The number of ketones is 1. The van der Waals surface area contributed by atoms with Gasteiger partial charge in [-0.2, -0.15) is 0 Å². The van der Waals surface area contributed by atoms with Crippen molar-refractivity contribution in [2.75, 3.05) is 13.1 Å². The van der Waals surface area contributed by atoms with E-state index < -0.39 is 0 Å². The highest BCUT2D eigenvalue weighted by molar-refractivity contribution is 6.10. The van der Waals surface area contributed by atoms with E-state index in [4.69, 9.17) is 0 Å². The van der Waals surface area contributed by atoms with Crippen molar-refractivity contribution in [2.45, 2.75) is 12.8 Å². The SMILES string of the molecule is CC(C(=O)NCCNC(=O)c1cccc(C(=O)c2ccccc2)c1)c1ccccc1. The van der Waals surface area contributed by atoms with Crippen molar-refractivity contribution in [3.63, 3.8) is 0 Å². The molecule has 0 spiro atoms. The lowest BCUT2D eigenvalue weighted by molar-refractivity contribution is -0.122. The first-order valence-corrected chi connectivity index (χ1v) is 9.87. The van der Waals surface area contributed by atoms with Gasteiger partial charge < -0.3 is 10.6 Å². The second kappa shape index (κ2) is 10.2. The summed E-state index contributed by atoms with van der Waals surface area (Å²) < 4.78 is 0. The summed E-state index contributed by atoms with van der Waals surface area (Å²) >= 11 is 0. The van der Waals surface area contributed by atoms with Gasteiger partial charge >= 0.3 is 0 Å². The van der Waals surface area contributed by atoms with Gasteiger partial charge in [0.05, 0.1) is 5.92 Å². The Balaban J connectivity index is 1.51. The summed E-state index contributed by atoms with van der Waals surface area (Å²) in [6.45, 7) is 2.46. The molecule has 5 heteroatoms. The lowest BCUT2D eigenvalue weighted by Gasteiger charge is -2.13. The number of carbonyl (C=O) groups excluding carboxylic acids is 3.